The molecule has 0 saturated carbocycles. The van der Waals surface area contributed by atoms with E-state index in [2.05, 4.69) is 11.9 Å². The van der Waals surface area contributed by atoms with Gasteiger partial charge in [0.15, 0.2) is 0 Å². The number of hydrogen-bond acceptors (Lipinski definition) is 3. The number of sulfonamides is 1. The van der Waals surface area contributed by atoms with Crippen LogP contribution in [0.15, 0.2) is 41.8 Å². The number of carbonyl (C=O) groups excluding carboxylic acids is 1. The number of nitrogens with zero attached hydrogens (tertiary/aromatic N) is 1. The molecule has 1 saturated heterocycles. The Morgan fingerprint density at radius 3 is 2.73 bits per heavy atom. The normalized spacial score (nSPS) is 19.6. The molecule has 22 heavy (non-hydrogen) atoms. The van der Waals surface area contributed by atoms with Crippen LogP contribution < -0.4 is 5.32 Å². The molecule has 0 aromatic heterocycles. The monoisotopic (exact) mass is 322 g/mol. The second-order valence-electron chi connectivity index (χ2n) is 5.55. The highest BCUT2D eigenvalue weighted by Crippen LogP contribution is 2.24. The summed E-state index contributed by atoms with van der Waals surface area (Å²) in [6.45, 7) is 6.57. The maximum absolute atomic E-state index is 12.7. The molecule has 120 valence electrons. The average molecular weight is 322 g/mol. The SMILES string of the molecule is C=CCNC(=O)[C@H]1CCCN(S(=O)(=O)c2ccc(C)cc2)C1. The minimum absolute atomic E-state index is 0.108. The number of hydrogen-bond donors (Lipinski definition) is 1. The number of piperidine rings is 1. The number of carbonyl (C=O) groups is 1. The molecule has 0 spiro atoms. The first-order valence-electron chi connectivity index (χ1n) is 7.40. The molecule has 1 amide bonds. The Morgan fingerprint density at radius 1 is 1.41 bits per heavy atom. The summed E-state index contributed by atoms with van der Waals surface area (Å²) in [5.74, 6) is -0.405. The van der Waals surface area contributed by atoms with Gasteiger partial charge in [0.25, 0.3) is 0 Å². The molecule has 1 heterocycles. The van der Waals surface area contributed by atoms with Gasteiger partial charge in [-0.3, -0.25) is 4.79 Å². The quantitative estimate of drug-likeness (QED) is 0.839. The maximum Gasteiger partial charge on any atom is 0.243 e. The van der Waals surface area contributed by atoms with E-state index in [0.717, 1.165) is 5.56 Å². The lowest BCUT2D eigenvalue weighted by atomic mass is 9.99. The lowest BCUT2D eigenvalue weighted by molar-refractivity contribution is -0.125. The zero-order chi connectivity index (χ0) is 16.2. The van der Waals surface area contributed by atoms with E-state index in [1.165, 1.54) is 4.31 Å². The van der Waals surface area contributed by atoms with E-state index >= 15 is 0 Å². The summed E-state index contributed by atoms with van der Waals surface area (Å²) in [5.41, 5.74) is 1.01. The molecule has 1 aromatic rings. The molecule has 6 heteroatoms. The minimum atomic E-state index is -3.53. The fraction of sp³-hybridized carbons (Fsp3) is 0.438. The van der Waals surface area contributed by atoms with Gasteiger partial charge in [0.05, 0.1) is 10.8 Å². The maximum atomic E-state index is 12.7. The topological polar surface area (TPSA) is 66.5 Å². The van der Waals surface area contributed by atoms with E-state index < -0.39 is 10.0 Å². The van der Waals surface area contributed by atoms with Gasteiger partial charge in [0, 0.05) is 19.6 Å². The molecule has 1 aliphatic rings. The van der Waals surface area contributed by atoms with E-state index in [1.54, 1.807) is 30.3 Å². The van der Waals surface area contributed by atoms with E-state index in [0.29, 0.717) is 25.9 Å². The van der Waals surface area contributed by atoms with Crippen LogP contribution in [0.25, 0.3) is 0 Å². The van der Waals surface area contributed by atoms with Crippen molar-refractivity contribution in [2.45, 2.75) is 24.7 Å². The molecular weight excluding hydrogens is 300 g/mol. The van der Waals surface area contributed by atoms with Crippen molar-refractivity contribution < 1.29 is 13.2 Å². The first-order valence-corrected chi connectivity index (χ1v) is 8.84. The van der Waals surface area contributed by atoms with Gasteiger partial charge in [0.2, 0.25) is 15.9 Å². The van der Waals surface area contributed by atoms with Gasteiger partial charge < -0.3 is 5.32 Å². The molecule has 1 N–H and O–H groups in total. The van der Waals surface area contributed by atoms with Crippen molar-refractivity contribution >= 4 is 15.9 Å². The molecule has 0 unspecified atom stereocenters. The number of aryl methyl sites for hydroxylation is 1. The molecule has 0 aliphatic carbocycles. The third-order valence-corrected chi connectivity index (χ3v) is 5.71. The van der Waals surface area contributed by atoms with E-state index in [9.17, 15) is 13.2 Å². The molecule has 1 aliphatic heterocycles. The molecule has 1 fully saturated rings. The van der Waals surface area contributed by atoms with E-state index in [1.807, 2.05) is 6.92 Å². The molecule has 0 bridgehead atoms. The largest absolute Gasteiger partial charge is 0.352 e. The summed E-state index contributed by atoms with van der Waals surface area (Å²) in [6.07, 6.45) is 3.02. The first-order chi connectivity index (χ1) is 10.4. The van der Waals surface area contributed by atoms with Crippen LogP contribution in [-0.4, -0.2) is 38.3 Å². The highest BCUT2D eigenvalue weighted by Gasteiger charge is 2.33. The Hall–Kier alpha value is -1.66. The number of amides is 1. The van der Waals surface area contributed by atoms with Crippen LogP contribution in [0, 0.1) is 12.8 Å². The molecule has 5 nitrogen and oxygen atoms in total. The standard InChI is InChI=1S/C16H22N2O3S/c1-3-10-17-16(19)14-5-4-11-18(12-14)22(20,21)15-8-6-13(2)7-9-15/h3,6-9,14H,1,4-5,10-12H2,2H3,(H,17,19)/t14-/m0/s1. The average Bonchev–Trinajstić information content (AvgIpc) is 2.53. The molecular formula is C16H22N2O3S. The van der Waals surface area contributed by atoms with Gasteiger partial charge in [-0.25, -0.2) is 8.42 Å². The Labute approximate surface area is 132 Å². The van der Waals surface area contributed by atoms with Crippen LogP contribution in [0.5, 0.6) is 0 Å². The van der Waals surface area contributed by atoms with Crippen molar-refractivity contribution in [3.8, 4) is 0 Å². The predicted octanol–water partition coefficient (Wildman–Crippen LogP) is 1.70. The second kappa shape index (κ2) is 7.07. The summed E-state index contributed by atoms with van der Waals surface area (Å²) in [5, 5.41) is 2.74. The highest BCUT2D eigenvalue weighted by atomic mass is 32.2. The number of benzene rings is 1. The van der Waals surface area contributed by atoms with Gasteiger partial charge in [-0.05, 0) is 31.9 Å². The number of rotatable bonds is 5. The number of nitrogens with one attached hydrogen (secondary N) is 1. The van der Waals surface area contributed by atoms with Crippen molar-refractivity contribution in [2.75, 3.05) is 19.6 Å². The van der Waals surface area contributed by atoms with Crippen LogP contribution in [0.2, 0.25) is 0 Å². The van der Waals surface area contributed by atoms with Gasteiger partial charge in [-0.1, -0.05) is 23.8 Å². The Morgan fingerprint density at radius 2 is 2.09 bits per heavy atom. The third-order valence-electron chi connectivity index (χ3n) is 3.83. The minimum Gasteiger partial charge on any atom is -0.352 e. The highest BCUT2D eigenvalue weighted by molar-refractivity contribution is 7.89. The van der Waals surface area contributed by atoms with Crippen molar-refractivity contribution in [2.24, 2.45) is 5.92 Å². The van der Waals surface area contributed by atoms with Crippen molar-refractivity contribution in [1.82, 2.24) is 9.62 Å². The van der Waals surface area contributed by atoms with Crippen molar-refractivity contribution in [1.29, 1.82) is 0 Å². The molecule has 0 radical (unpaired) electrons. The van der Waals surface area contributed by atoms with Crippen LogP contribution in [0.3, 0.4) is 0 Å². The summed E-state index contributed by atoms with van der Waals surface area (Å²) in [6, 6.07) is 6.80. The first kappa shape index (κ1) is 16.7. The second-order valence-corrected chi connectivity index (χ2v) is 7.49. The molecule has 2 rings (SSSR count). The molecule has 1 aromatic carbocycles. The third kappa shape index (κ3) is 3.75. The molecule has 1 atom stereocenters. The van der Waals surface area contributed by atoms with Crippen LogP contribution in [0.4, 0.5) is 0 Å². The zero-order valence-corrected chi connectivity index (χ0v) is 13.6. The lowest BCUT2D eigenvalue weighted by Crippen LogP contribution is -2.45. The summed E-state index contributed by atoms with van der Waals surface area (Å²) in [7, 11) is -3.53. The van der Waals surface area contributed by atoms with Gasteiger partial charge in [-0.2, -0.15) is 4.31 Å². The van der Waals surface area contributed by atoms with Crippen molar-refractivity contribution in [3.05, 3.63) is 42.5 Å². The van der Waals surface area contributed by atoms with Crippen molar-refractivity contribution in [3.63, 3.8) is 0 Å². The Kier molecular flexibility index (Phi) is 5.37. The van der Waals surface area contributed by atoms with Gasteiger partial charge >= 0.3 is 0 Å². The van der Waals surface area contributed by atoms with E-state index in [-0.39, 0.29) is 23.3 Å². The summed E-state index contributed by atoms with van der Waals surface area (Å²) >= 11 is 0. The zero-order valence-electron chi connectivity index (χ0n) is 12.8. The van der Waals surface area contributed by atoms with Gasteiger partial charge in [-0.15, -0.1) is 6.58 Å². The Bertz CT molecular complexity index is 638. The smallest absolute Gasteiger partial charge is 0.243 e. The van der Waals surface area contributed by atoms with Crippen LogP contribution in [-0.2, 0) is 14.8 Å². The van der Waals surface area contributed by atoms with E-state index in [4.69, 9.17) is 0 Å². The van der Waals surface area contributed by atoms with Crippen LogP contribution >= 0.6 is 0 Å². The van der Waals surface area contributed by atoms with Crippen LogP contribution in [0.1, 0.15) is 18.4 Å². The Balaban J connectivity index is 2.12. The summed E-state index contributed by atoms with van der Waals surface area (Å²) < 4.78 is 26.7. The fourth-order valence-corrected chi connectivity index (χ4v) is 4.07. The summed E-state index contributed by atoms with van der Waals surface area (Å²) in [4.78, 5) is 12.3. The fourth-order valence-electron chi connectivity index (χ4n) is 2.55. The predicted molar refractivity (Wildman–Crippen MR) is 85.9 cm³/mol. The van der Waals surface area contributed by atoms with Gasteiger partial charge in [0.1, 0.15) is 0 Å². The lowest BCUT2D eigenvalue weighted by Gasteiger charge is -2.31.